The van der Waals surface area contributed by atoms with Gasteiger partial charge in [-0.05, 0) is 44.0 Å². The van der Waals surface area contributed by atoms with E-state index in [0.717, 1.165) is 36.7 Å². The Hall–Kier alpha value is -0.730. The maximum absolute atomic E-state index is 6.24. The largest absolute Gasteiger partial charge is 0.489 e. The highest BCUT2D eigenvalue weighted by molar-refractivity contribution is 6.32. The molecule has 2 rings (SSSR count). The fourth-order valence-electron chi connectivity index (χ4n) is 2.53. The summed E-state index contributed by atoms with van der Waals surface area (Å²) >= 11 is 6.24. The summed E-state index contributed by atoms with van der Waals surface area (Å²) in [6.07, 6.45) is 3.72. The van der Waals surface area contributed by atoms with Crippen LogP contribution < -0.4 is 10.1 Å². The summed E-state index contributed by atoms with van der Waals surface area (Å²) in [6.45, 7) is 6.42. The number of benzene rings is 1. The van der Waals surface area contributed by atoms with Gasteiger partial charge in [0.05, 0.1) is 5.02 Å². The van der Waals surface area contributed by atoms with Crippen molar-refractivity contribution in [2.75, 3.05) is 13.1 Å². The minimum absolute atomic E-state index is 0.283. The molecule has 1 heterocycles. The lowest BCUT2D eigenvalue weighted by Crippen LogP contribution is -2.28. The number of ether oxygens (including phenoxy) is 1. The molecule has 0 aromatic heterocycles. The highest BCUT2D eigenvalue weighted by Crippen LogP contribution is 2.29. The van der Waals surface area contributed by atoms with Gasteiger partial charge in [0.2, 0.25) is 0 Å². The third-order valence-corrected chi connectivity index (χ3v) is 3.86. The number of hydrogen-bond acceptors (Lipinski definition) is 2. The second-order valence-corrected chi connectivity index (χ2v) is 5.54. The summed E-state index contributed by atoms with van der Waals surface area (Å²) in [4.78, 5) is 0. The first-order chi connectivity index (χ1) is 8.70. The first kappa shape index (κ1) is 13.7. The van der Waals surface area contributed by atoms with E-state index in [9.17, 15) is 0 Å². The van der Waals surface area contributed by atoms with Crippen molar-refractivity contribution in [1.29, 1.82) is 0 Å². The maximum Gasteiger partial charge on any atom is 0.138 e. The van der Waals surface area contributed by atoms with Crippen molar-refractivity contribution in [1.82, 2.24) is 5.32 Å². The van der Waals surface area contributed by atoms with Crippen molar-refractivity contribution >= 4 is 11.6 Å². The summed E-state index contributed by atoms with van der Waals surface area (Å²) < 4.78 is 6.15. The molecule has 0 amide bonds. The van der Waals surface area contributed by atoms with Crippen LogP contribution in [0.2, 0.25) is 5.02 Å². The minimum Gasteiger partial charge on any atom is -0.489 e. The van der Waals surface area contributed by atoms with E-state index in [-0.39, 0.29) is 6.10 Å². The van der Waals surface area contributed by atoms with E-state index < -0.39 is 0 Å². The highest BCUT2D eigenvalue weighted by atomic mass is 35.5. The van der Waals surface area contributed by atoms with Crippen molar-refractivity contribution in [3.05, 3.63) is 28.8 Å². The molecule has 1 N–H and O–H groups in total. The Labute approximate surface area is 115 Å². The number of rotatable bonds is 5. The van der Waals surface area contributed by atoms with Gasteiger partial charge in [0, 0.05) is 12.5 Å². The summed E-state index contributed by atoms with van der Waals surface area (Å²) in [5.74, 6) is 1.44. The van der Waals surface area contributed by atoms with Gasteiger partial charge in [0.25, 0.3) is 0 Å². The molecular weight excluding hydrogens is 246 g/mol. The van der Waals surface area contributed by atoms with E-state index in [1.807, 2.05) is 19.1 Å². The molecule has 100 valence electrons. The van der Waals surface area contributed by atoms with Crippen molar-refractivity contribution < 1.29 is 4.74 Å². The van der Waals surface area contributed by atoms with Crippen LogP contribution in [0.3, 0.4) is 0 Å². The monoisotopic (exact) mass is 267 g/mol. The number of nitrogens with one attached hydrogen (secondary N) is 1. The molecule has 1 aliphatic rings. The molecule has 0 aliphatic carbocycles. The SMILES string of the molecule is CCC[C@@H](Oc1ccc(C)cc1Cl)[C@H]1CCNC1. The van der Waals surface area contributed by atoms with Gasteiger partial charge in [0.1, 0.15) is 11.9 Å². The summed E-state index contributed by atoms with van der Waals surface area (Å²) in [6, 6.07) is 6.01. The molecule has 3 heteroatoms. The predicted molar refractivity (Wildman–Crippen MR) is 76.5 cm³/mol. The van der Waals surface area contributed by atoms with Crippen molar-refractivity contribution in [2.45, 2.75) is 39.2 Å². The lowest BCUT2D eigenvalue weighted by molar-refractivity contribution is 0.132. The van der Waals surface area contributed by atoms with E-state index in [1.165, 1.54) is 12.0 Å². The van der Waals surface area contributed by atoms with Crippen LogP contribution in [-0.2, 0) is 0 Å². The summed E-state index contributed by atoms with van der Waals surface area (Å²) in [5.41, 5.74) is 1.17. The van der Waals surface area contributed by atoms with Crippen LogP contribution in [0, 0.1) is 12.8 Å². The Morgan fingerprint density at radius 3 is 2.94 bits per heavy atom. The minimum atomic E-state index is 0.283. The van der Waals surface area contributed by atoms with Gasteiger partial charge >= 0.3 is 0 Å². The maximum atomic E-state index is 6.24. The van der Waals surface area contributed by atoms with Gasteiger partial charge in [-0.1, -0.05) is 31.0 Å². The zero-order valence-corrected chi connectivity index (χ0v) is 12.0. The smallest absolute Gasteiger partial charge is 0.138 e. The molecule has 0 saturated carbocycles. The van der Waals surface area contributed by atoms with Crippen LogP contribution in [0.4, 0.5) is 0 Å². The lowest BCUT2D eigenvalue weighted by atomic mass is 9.97. The molecule has 1 aromatic rings. The Bertz CT molecular complexity index is 388. The second-order valence-electron chi connectivity index (χ2n) is 5.13. The highest BCUT2D eigenvalue weighted by Gasteiger charge is 2.26. The molecule has 2 atom stereocenters. The predicted octanol–water partition coefficient (Wildman–Crippen LogP) is 3.81. The lowest BCUT2D eigenvalue weighted by Gasteiger charge is -2.24. The van der Waals surface area contributed by atoms with E-state index in [2.05, 4.69) is 18.3 Å². The average Bonchev–Trinajstić information content (AvgIpc) is 2.85. The van der Waals surface area contributed by atoms with Gasteiger partial charge in [-0.2, -0.15) is 0 Å². The Morgan fingerprint density at radius 2 is 2.33 bits per heavy atom. The van der Waals surface area contributed by atoms with Crippen molar-refractivity contribution in [3.63, 3.8) is 0 Å². The molecule has 1 fully saturated rings. The Morgan fingerprint density at radius 1 is 1.50 bits per heavy atom. The third kappa shape index (κ3) is 3.39. The van der Waals surface area contributed by atoms with Crippen molar-refractivity contribution in [3.8, 4) is 5.75 Å². The van der Waals surface area contributed by atoms with Crippen LogP contribution in [0.15, 0.2) is 18.2 Å². The van der Waals surface area contributed by atoms with E-state index in [4.69, 9.17) is 16.3 Å². The molecule has 1 aliphatic heterocycles. The fraction of sp³-hybridized carbons (Fsp3) is 0.600. The van der Waals surface area contributed by atoms with Crippen LogP contribution in [0.1, 0.15) is 31.7 Å². The Kier molecular flexibility index (Phi) is 4.90. The van der Waals surface area contributed by atoms with E-state index in [1.54, 1.807) is 0 Å². The van der Waals surface area contributed by atoms with Gasteiger partial charge in [-0.3, -0.25) is 0 Å². The number of halogens is 1. The summed E-state index contributed by atoms with van der Waals surface area (Å²) in [7, 11) is 0. The van der Waals surface area contributed by atoms with Gasteiger partial charge in [-0.15, -0.1) is 0 Å². The van der Waals surface area contributed by atoms with Crippen molar-refractivity contribution in [2.24, 2.45) is 5.92 Å². The van der Waals surface area contributed by atoms with Crippen LogP contribution in [0.25, 0.3) is 0 Å². The van der Waals surface area contributed by atoms with Gasteiger partial charge in [-0.25, -0.2) is 0 Å². The molecule has 18 heavy (non-hydrogen) atoms. The van der Waals surface area contributed by atoms with E-state index in [0.29, 0.717) is 5.92 Å². The first-order valence-corrected chi connectivity index (χ1v) is 7.22. The molecule has 2 nitrogen and oxygen atoms in total. The second kappa shape index (κ2) is 6.44. The number of aryl methyl sites for hydroxylation is 1. The average molecular weight is 268 g/mol. The van der Waals surface area contributed by atoms with Gasteiger partial charge < -0.3 is 10.1 Å². The Balaban J connectivity index is 2.07. The van der Waals surface area contributed by atoms with Crippen LogP contribution >= 0.6 is 11.6 Å². The molecule has 0 unspecified atom stereocenters. The fourth-order valence-corrected chi connectivity index (χ4v) is 2.81. The van der Waals surface area contributed by atoms with Crippen LogP contribution in [-0.4, -0.2) is 19.2 Å². The van der Waals surface area contributed by atoms with Gasteiger partial charge in [0.15, 0.2) is 0 Å². The quantitative estimate of drug-likeness (QED) is 0.876. The molecule has 0 bridgehead atoms. The molecule has 0 radical (unpaired) electrons. The van der Waals surface area contributed by atoms with Crippen LogP contribution in [0.5, 0.6) is 5.75 Å². The first-order valence-electron chi connectivity index (χ1n) is 6.84. The molecular formula is C15H22ClNO. The molecule has 0 spiro atoms. The summed E-state index contributed by atoms with van der Waals surface area (Å²) in [5, 5.41) is 4.13. The standard InChI is InChI=1S/C15H22ClNO/c1-3-4-14(12-7-8-17-10-12)18-15-6-5-11(2)9-13(15)16/h5-6,9,12,14,17H,3-4,7-8,10H2,1-2H3/t12-,14+/m0/s1. The zero-order valence-electron chi connectivity index (χ0n) is 11.2. The normalized spacial score (nSPS) is 20.9. The number of hydrogen-bond donors (Lipinski definition) is 1. The third-order valence-electron chi connectivity index (χ3n) is 3.56. The van der Waals surface area contributed by atoms with E-state index >= 15 is 0 Å². The zero-order chi connectivity index (χ0) is 13.0. The molecule has 1 aromatic carbocycles. The topological polar surface area (TPSA) is 21.3 Å². The molecule has 1 saturated heterocycles.